The highest BCUT2D eigenvalue weighted by atomic mass is 16.5. The minimum atomic E-state index is -0.970. The number of carboxylic acids is 1. The zero-order valence-electron chi connectivity index (χ0n) is 20.3. The third kappa shape index (κ3) is 7.93. The molecule has 1 unspecified atom stereocenters. The van der Waals surface area contributed by atoms with E-state index in [1.807, 2.05) is 48.5 Å². The van der Waals surface area contributed by atoms with Crippen LogP contribution in [0.25, 0.3) is 11.3 Å². The highest BCUT2D eigenvalue weighted by molar-refractivity contribution is 5.91. The fraction of sp³-hybridized carbons (Fsp3) is 0.321. The van der Waals surface area contributed by atoms with Gasteiger partial charge in [-0.05, 0) is 49.4 Å². The third-order valence-corrected chi connectivity index (χ3v) is 5.76. The van der Waals surface area contributed by atoms with E-state index in [0.29, 0.717) is 19.6 Å². The van der Waals surface area contributed by atoms with E-state index in [0.717, 1.165) is 41.8 Å². The predicted octanol–water partition coefficient (Wildman–Crippen LogP) is 4.95. The van der Waals surface area contributed by atoms with Crippen molar-refractivity contribution in [2.75, 3.05) is 25.1 Å². The number of carbonyl (C=O) groups is 2. The lowest BCUT2D eigenvalue weighted by molar-refractivity contribution is -0.149. The second-order valence-corrected chi connectivity index (χ2v) is 8.32. The lowest BCUT2D eigenvalue weighted by atomic mass is 10.0. The number of nitrogens with one attached hydrogen (secondary N) is 1. The summed E-state index contributed by atoms with van der Waals surface area (Å²) in [5.74, 6) is -0.970. The number of nitrogens with zero attached hydrogens (tertiary/aromatic N) is 2. The van der Waals surface area contributed by atoms with Gasteiger partial charge in [-0.25, -0.2) is 9.59 Å². The molecule has 1 atom stereocenters. The van der Waals surface area contributed by atoms with Gasteiger partial charge in [0.2, 0.25) is 0 Å². The van der Waals surface area contributed by atoms with Crippen LogP contribution in [0.15, 0.2) is 72.9 Å². The van der Waals surface area contributed by atoms with Crippen molar-refractivity contribution in [3.8, 4) is 11.3 Å². The third-order valence-electron chi connectivity index (χ3n) is 5.76. The van der Waals surface area contributed by atoms with Crippen molar-refractivity contribution in [2.45, 2.75) is 38.7 Å². The predicted molar refractivity (Wildman–Crippen MR) is 138 cm³/mol. The molecule has 0 spiro atoms. The Labute approximate surface area is 206 Å². The number of carbonyl (C=O) groups excluding carboxylic acids is 1. The second kappa shape index (κ2) is 13.2. The van der Waals surface area contributed by atoms with Gasteiger partial charge in [-0.1, -0.05) is 54.6 Å². The van der Waals surface area contributed by atoms with Crippen molar-refractivity contribution in [2.24, 2.45) is 0 Å². The summed E-state index contributed by atoms with van der Waals surface area (Å²) in [6.07, 6.45) is 4.04. The number of aryl methyl sites for hydroxylation is 1. The largest absolute Gasteiger partial charge is 0.479 e. The van der Waals surface area contributed by atoms with E-state index in [-0.39, 0.29) is 6.03 Å². The maximum atomic E-state index is 12.6. The van der Waals surface area contributed by atoms with Gasteiger partial charge in [-0.2, -0.15) is 0 Å². The smallest absolute Gasteiger partial charge is 0.333 e. The zero-order valence-corrected chi connectivity index (χ0v) is 20.3. The number of ether oxygens (including phenoxy) is 1. The van der Waals surface area contributed by atoms with E-state index in [1.165, 1.54) is 5.56 Å². The first-order valence-corrected chi connectivity index (χ1v) is 11.9. The van der Waals surface area contributed by atoms with Crippen LogP contribution in [0.5, 0.6) is 0 Å². The number of benzene rings is 2. The summed E-state index contributed by atoms with van der Waals surface area (Å²) in [5, 5.41) is 12.3. The van der Waals surface area contributed by atoms with Crippen molar-refractivity contribution in [3.05, 3.63) is 84.1 Å². The van der Waals surface area contributed by atoms with Crippen LogP contribution in [0.4, 0.5) is 10.5 Å². The molecule has 184 valence electrons. The normalized spacial score (nSPS) is 11.6. The highest BCUT2D eigenvalue weighted by Gasteiger charge is 2.18. The van der Waals surface area contributed by atoms with Crippen LogP contribution in [0.3, 0.4) is 0 Å². The molecule has 3 aromatic rings. The summed E-state index contributed by atoms with van der Waals surface area (Å²) in [6, 6.07) is 21.4. The first-order valence-electron chi connectivity index (χ1n) is 11.9. The topological polar surface area (TPSA) is 91.8 Å². The zero-order chi connectivity index (χ0) is 25.0. The van der Waals surface area contributed by atoms with E-state index in [1.54, 1.807) is 31.1 Å². The fourth-order valence-electron chi connectivity index (χ4n) is 3.76. The summed E-state index contributed by atoms with van der Waals surface area (Å²) in [6.45, 7) is 2.75. The molecule has 0 fully saturated rings. The first-order chi connectivity index (χ1) is 17.0. The van der Waals surface area contributed by atoms with Crippen LogP contribution >= 0.6 is 0 Å². The van der Waals surface area contributed by atoms with Gasteiger partial charge in [0.15, 0.2) is 6.10 Å². The summed E-state index contributed by atoms with van der Waals surface area (Å²) < 4.78 is 5.29. The number of aromatic nitrogens is 1. The number of amides is 2. The molecule has 0 aliphatic rings. The highest BCUT2D eigenvalue weighted by Crippen LogP contribution is 2.23. The van der Waals surface area contributed by atoms with Gasteiger partial charge in [0, 0.05) is 44.1 Å². The van der Waals surface area contributed by atoms with Gasteiger partial charge >= 0.3 is 12.0 Å². The molecule has 1 aromatic heterocycles. The van der Waals surface area contributed by atoms with E-state index in [2.05, 4.69) is 22.4 Å². The van der Waals surface area contributed by atoms with Gasteiger partial charge in [-0.3, -0.25) is 9.88 Å². The number of hydrogen-bond donors (Lipinski definition) is 2. The van der Waals surface area contributed by atoms with Gasteiger partial charge in [0.25, 0.3) is 0 Å². The van der Waals surface area contributed by atoms with Crippen LogP contribution in [0.1, 0.15) is 30.9 Å². The van der Waals surface area contributed by atoms with Gasteiger partial charge < -0.3 is 15.2 Å². The molecule has 7 nitrogen and oxygen atoms in total. The Morgan fingerprint density at radius 2 is 1.77 bits per heavy atom. The molecular weight excluding hydrogens is 442 g/mol. The van der Waals surface area contributed by atoms with Gasteiger partial charge in [0.1, 0.15) is 0 Å². The number of pyridine rings is 1. The quantitative estimate of drug-likeness (QED) is 0.362. The maximum absolute atomic E-state index is 12.6. The van der Waals surface area contributed by atoms with Crippen LogP contribution < -0.4 is 10.2 Å². The maximum Gasteiger partial charge on any atom is 0.333 e. The molecule has 0 aliphatic heterocycles. The van der Waals surface area contributed by atoms with Crippen LogP contribution in [-0.4, -0.2) is 48.4 Å². The number of unbranched alkanes of at least 4 members (excludes halogenated alkanes) is 1. The molecule has 0 saturated carbocycles. The molecule has 0 bridgehead atoms. The van der Waals surface area contributed by atoms with Crippen molar-refractivity contribution in [3.63, 3.8) is 0 Å². The number of aliphatic carboxylic acids is 1. The van der Waals surface area contributed by atoms with E-state index in [9.17, 15) is 14.7 Å². The van der Waals surface area contributed by atoms with Crippen molar-refractivity contribution >= 4 is 17.7 Å². The monoisotopic (exact) mass is 475 g/mol. The number of hydrogen-bond acceptors (Lipinski definition) is 4. The van der Waals surface area contributed by atoms with Crippen LogP contribution in [-0.2, 0) is 22.4 Å². The molecule has 1 heterocycles. The molecule has 2 amide bonds. The van der Waals surface area contributed by atoms with Gasteiger partial charge in [-0.15, -0.1) is 0 Å². The average molecular weight is 476 g/mol. The van der Waals surface area contributed by atoms with E-state index >= 15 is 0 Å². The lowest BCUT2D eigenvalue weighted by Gasteiger charge is -2.19. The number of urea groups is 1. The molecule has 2 N–H and O–H groups in total. The molecule has 0 saturated heterocycles. The van der Waals surface area contributed by atoms with Crippen LogP contribution in [0, 0.1) is 0 Å². The minimum absolute atomic E-state index is 0.159. The standard InChI is InChI=1S/C28H33N3O4/c1-3-35-26(27(32)33)19-22-12-14-23(15-13-22)25-20-24(16-18-29-25)31(2)28(34)30-17-8-7-11-21-9-5-4-6-10-21/h4-6,9-10,12-16,18,20,26H,3,7-8,11,17,19H2,1-2H3,(H,30,34)(H,32,33). The summed E-state index contributed by atoms with van der Waals surface area (Å²) in [5.41, 5.74) is 4.53. The Bertz CT molecular complexity index is 1090. The summed E-state index contributed by atoms with van der Waals surface area (Å²) >= 11 is 0. The molecule has 2 aromatic carbocycles. The molecule has 3 rings (SSSR count). The Balaban J connectivity index is 1.53. The number of carboxylic acid groups (broad SMARTS) is 1. The molecule has 7 heteroatoms. The molecular formula is C28H33N3O4. The van der Waals surface area contributed by atoms with Gasteiger partial charge in [0.05, 0.1) is 5.69 Å². The van der Waals surface area contributed by atoms with Crippen molar-refractivity contribution in [1.29, 1.82) is 0 Å². The number of anilines is 1. The Hall–Kier alpha value is -3.71. The summed E-state index contributed by atoms with van der Waals surface area (Å²) in [4.78, 5) is 30.0. The fourth-order valence-corrected chi connectivity index (χ4v) is 3.76. The van der Waals surface area contributed by atoms with Crippen LogP contribution in [0.2, 0.25) is 0 Å². The first kappa shape index (κ1) is 25.9. The average Bonchev–Trinajstić information content (AvgIpc) is 2.88. The number of rotatable bonds is 12. The van der Waals surface area contributed by atoms with Crippen molar-refractivity contribution < 1.29 is 19.4 Å². The van der Waals surface area contributed by atoms with E-state index < -0.39 is 12.1 Å². The van der Waals surface area contributed by atoms with E-state index in [4.69, 9.17) is 4.74 Å². The Kier molecular flexibility index (Phi) is 9.80. The minimum Gasteiger partial charge on any atom is -0.479 e. The molecule has 35 heavy (non-hydrogen) atoms. The molecule has 0 radical (unpaired) electrons. The van der Waals surface area contributed by atoms with Crippen molar-refractivity contribution in [1.82, 2.24) is 10.3 Å². The summed E-state index contributed by atoms with van der Waals surface area (Å²) in [7, 11) is 1.74. The second-order valence-electron chi connectivity index (χ2n) is 8.32. The lowest BCUT2D eigenvalue weighted by Crippen LogP contribution is -2.37. The SMILES string of the molecule is CCOC(Cc1ccc(-c2cc(N(C)C(=O)NCCCCc3ccccc3)ccn2)cc1)C(=O)O. The Morgan fingerprint density at radius 3 is 2.46 bits per heavy atom. The Morgan fingerprint density at radius 1 is 1.03 bits per heavy atom. The molecule has 0 aliphatic carbocycles.